The first-order valence-corrected chi connectivity index (χ1v) is 15.5. The average Bonchev–Trinajstić information content (AvgIpc) is 3.45. The number of amides is 3. The van der Waals surface area contributed by atoms with Crippen LogP contribution in [0.1, 0.15) is 58.9 Å². The molecule has 0 aromatic heterocycles. The van der Waals surface area contributed by atoms with E-state index < -0.39 is 27.8 Å². The summed E-state index contributed by atoms with van der Waals surface area (Å²) >= 11 is 0. The maximum atomic E-state index is 14.5. The zero-order chi connectivity index (χ0) is 31.5. The zero-order valence-electron chi connectivity index (χ0n) is 24.8. The lowest BCUT2D eigenvalue weighted by molar-refractivity contribution is -0.133. The number of carbonyl (C=O) groups excluding carboxylic acids is 3. The molecule has 1 heterocycles. The van der Waals surface area contributed by atoms with Crippen LogP contribution in [-0.2, 0) is 19.4 Å². The van der Waals surface area contributed by atoms with Crippen molar-refractivity contribution in [2.75, 3.05) is 37.7 Å². The van der Waals surface area contributed by atoms with Crippen molar-refractivity contribution in [3.05, 3.63) is 76.9 Å². The van der Waals surface area contributed by atoms with Gasteiger partial charge < -0.3 is 30.7 Å². The van der Waals surface area contributed by atoms with Gasteiger partial charge in [-0.15, -0.1) is 0 Å². The highest BCUT2D eigenvalue weighted by Crippen LogP contribution is 2.40. The van der Waals surface area contributed by atoms with Crippen LogP contribution in [0.15, 0.2) is 59.5 Å². The van der Waals surface area contributed by atoms with Crippen LogP contribution in [-0.4, -0.2) is 58.1 Å². The minimum absolute atomic E-state index is 0.0898. The zero-order valence-corrected chi connectivity index (χ0v) is 25.6. The van der Waals surface area contributed by atoms with Crippen molar-refractivity contribution in [2.24, 2.45) is 5.73 Å². The number of sulfone groups is 1. The molecule has 0 saturated carbocycles. The molecule has 0 radical (unpaired) electrons. The molecule has 3 aromatic rings. The second kappa shape index (κ2) is 12.7. The van der Waals surface area contributed by atoms with Crippen molar-refractivity contribution in [1.29, 1.82) is 0 Å². The summed E-state index contributed by atoms with van der Waals surface area (Å²) in [5.41, 5.74) is 8.54. The van der Waals surface area contributed by atoms with E-state index in [2.05, 4.69) is 10.6 Å². The number of methoxy groups -OCH3 is 2. The van der Waals surface area contributed by atoms with E-state index >= 15 is 0 Å². The monoisotopic (exact) mass is 608 g/mol. The molecule has 1 saturated heterocycles. The Morgan fingerprint density at radius 3 is 2.35 bits per heavy atom. The highest BCUT2D eigenvalue weighted by molar-refractivity contribution is 7.90. The molecule has 3 amide bonds. The number of aryl methyl sites for hydroxylation is 1. The number of hydrogen-bond acceptors (Lipinski definition) is 8. The molecule has 0 bridgehead atoms. The highest BCUT2D eigenvalue weighted by atomic mass is 32.2. The molecule has 1 aliphatic rings. The van der Waals surface area contributed by atoms with Gasteiger partial charge in [0.15, 0.2) is 21.3 Å². The van der Waals surface area contributed by atoms with Crippen LogP contribution in [0.5, 0.6) is 11.5 Å². The highest BCUT2D eigenvalue weighted by Gasteiger charge is 2.37. The summed E-state index contributed by atoms with van der Waals surface area (Å²) in [6, 6.07) is 13.2. The second-order valence-electron chi connectivity index (χ2n) is 10.5. The van der Waals surface area contributed by atoms with Gasteiger partial charge in [-0.3, -0.25) is 14.4 Å². The summed E-state index contributed by atoms with van der Waals surface area (Å²) in [6.45, 7) is 3.58. The number of nitrogens with two attached hydrogens (primary N) is 1. The molecule has 12 heteroatoms. The lowest BCUT2D eigenvalue weighted by Gasteiger charge is -2.32. The third kappa shape index (κ3) is 6.91. The number of nitrogens with one attached hydrogen (secondary N) is 2. The standard InChI is InChI=1S/C31H36N4O7S/c1-18-8-9-21(30(32)37)15-24(18)34-29(20-10-12-26(41-3)27(16-20)42-4)31(38)35-14-6-7-25(35)23-17-22(33-19(2)36)11-13-28(23)43(5,39)40/h8-13,15-17,25,29,34H,6-7,14H2,1-5H3,(H2,32,37)(H,33,36)/t25-,29-/m1/s1. The van der Waals surface area contributed by atoms with E-state index in [9.17, 15) is 22.8 Å². The first kappa shape index (κ1) is 31.4. The average molecular weight is 609 g/mol. The van der Waals surface area contributed by atoms with E-state index in [1.165, 1.54) is 33.3 Å². The summed E-state index contributed by atoms with van der Waals surface area (Å²) in [5.74, 6) is -0.325. The molecule has 228 valence electrons. The molecule has 11 nitrogen and oxygen atoms in total. The summed E-state index contributed by atoms with van der Waals surface area (Å²) in [7, 11) is -0.650. The van der Waals surface area contributed by atoms with Crippen molar-refractivity contribution in [3.8, 4) is 11.5 Å². The van der Waals surface area contributed by atoms with Gasteiger partial charge in [0.25, 0.3) is 0 Å². The SMILES string of the molecule is COc1ccc([C@@H](Nc2cc(C(N)=O)ccc2C)C(=O)N2CCC[C@@H]2c2cc(NC(C)=O)ccc2S(C)(=O)=O)cc1OC. The number of nitrogens with zero attached hydrogens (tertiary/aromatic N) is 1. The van der Waals surface area contributed by atoms with Gasteiger partial charge in [-0.2, -0.15) is 0 Å². The summed E-state index contributed by atoms with van der Waals surface area (Å²) in [5, 5.41) is 6.01. The number of likely N-dealkylation sites (tertiary alicyclic amines) is 1. The fourth-order valence-corrected chi connectivity index (χ4v) is 6.29. The van der Waals surface area contributed by atoms with E-state index in [1.807, 2.05) is 6.92 Å². The van der Waals surface area contributed by atoms with Gasteiger partial charge in [0.05, 0.1) is 25.2 Å². The molecule has 0 unspecified atom stereocenters. The van der Waals surface area contributed by atoms with Gasteiger partial charge in [-0.1, -0.05) is 12.1 Å². The Hall–Kier alpha value is -4.58. The topological polar surface area (TPSA) is 157 Å². The van der Waals surface area contributed by atoms with Crippen LogP contribution in [0.25, 0.3) is 0 Å². The third-order valence-electron chi connectivity index (χ3n) is 7.43. The van der Waals surface area contributed by atoms with Crippen LogP contribution in [0.3, 0.4) is 0 Å². The molecule has 1 aliphatic heterocycles. The Balaban J connectivity index is 1.83. The Morgan fingerprint density at radius 2 is 1.72 bits per heavy atom. The van der Waals surface area contributed by atoms with Crippen LogP contribution in [0.2, 0.25) is 0 Å². The summed E-state index contributed by atoms with van der Waals surface area (Å²) in [6.07, 6.45) is 2.28. The maximum absolute atomic E-state index is 14.5. The molecular weight excluding hydrogens is 572 g/mol. The van der Waals surface area contributed by atoms with Crippen LogP contribution in [0.4, 0.5) is 11.4 Å². The van der Waals surface area contributed by atoms with Gasteiger partial charge >= 0.3 is 0 Å². The molecule has 0 spiro atoms. The van der Waals surface area contributed by atoms with E-state index in [0.29, 0.717) is 53.4 Å². The molecule has 4 N–H and O–H groups in total. The largest absolute Gasteiger partial charge is 0.493 e. The number of benzene rings is 3. The van der Waals surface area contributed by atoms with E-state index in [-0.39, 0.29) is 22.3 Å². The van der Waals surface area contributed by atoms with Crippen LogP contribution >= 0.6 is 0 Å². The van der Waals surface area contributed by atoms with Gasteiger partial charge in [-0.05, 0) is 78.9 Å². The maximum Gasteiger partial charge on any atom is 0.250 e. The molecule has 0 aliphatic carbocycles. The summed E-state index contributed by atoms with van der Waals surface area (Å²) < 4.78 is 36.5. The first-order chi connectivity index (χ1) is 20.3. The number of rotatable bonds is 10. The normalized spacial score (nSPS) is 15.5. The van der Waals surface area contributed by atoms with Crippen molar-refractivity contribution in [3.63, 3.8) is 0 Å². The Morgan fingerprint density at radius 1 is 1.00 bits per heavy atom. The van der Waals surface area contributed by atoms with Crippen molar-refractivity contribution >= 4 is 38.9 Å². The van der Waals surface area contributed by atoms with Crippen LogP contribution < -0.4 is 25.8 Å². The lowest BCUT2D eigenvalue weighted by atomic mass is 10.00. The van der Waals surface area contributed by atoms with Gasteiger partial charge in [-0.25, -0.2) is 8.42 Å². The van der Waals surface area contributed by atoms with Gasteiger partial charge in [0.1, 0.15) is 6.04 Å². The van der Waals surface area contributed by atoms with Gasteiger partial charge in [0, 0.05) is 36.7 Å². The number of primary amides is 1. The Kier molecular flexibility index (Phi) is 9.29. The smallest absolute Gasteiger partial charge is 0.250 e. The van der Waals surface area contributed by atoms with Gasteiger partial charge in [0.2, 0.25) is 17.7 Å². The number of carbonyl (C=O) groups is 3. The predicted molar refractivity (Wildman–Crippen MR) is 163 cm³/mol. The second-order valence-corrected chi connectivity index (χ2v) is 12.5. The quantitative estimate of drug-likeness (QED) is 0.312. The Labute approximate surface area is 251 Å². The van der Waals surface area contributed by atoms with Crippen molar-refractivity contribution < 1.29 is 32.3 Å². The summed E-state index contributed by atoms with van der Waals surface area (Å²) in [4.78, 5) is 40.0. The number of ether oxygens (including phenoxy) is 2. The molecule has 4 rings (SSSR count). The minimum Gasteiger partial charge on any atom is -0.493 e. The lowest BCUT2D eigenvalue weighted by Crippen LogP contribution is -2.38. The van der Waals surface area contributed by atoms with E-state index in [4.69, 9.17) is 15.2 Å². The third-order valence-corrected chi connectivity index (χ3v) is 8.61. The molecule has 43 heavy (non-hydrogen) atoms. The fraction of sp³-hybridized carbons (Fsp3) is 0.323. The fourth-order valence-electron chi connectivity index (χ4n) is 5.35. The van der Waals surface area contributed by atoms with Crippen molar-refractivity contribution in [1.82, 2.24) is 4.90 Å². The molecule has 2 atom stereocenters. The Bertz CT molecular complexity index is 1670. The van der Waals surface area contributed by atoms with Crippen LogP contribution in [0, 0.1) is 6.92 Å². The van der Waals surface area contributed by atoms with Crippen molar-refractivity contribution in [2.45, 2.75) is 43.7 Å². The van der Waals surface area contributed by atoms with E-state index in [1.54, 1.807) is 47.4 Å². The minimum atomic E-state index is -3.66. The number of hydrogen-bond donors (Lipinski definition) is 3. The predicted octanol–water partition coefficient (Wildman–Crippen LogP) is 3.99. The molecule has 1 fully saturated rings. The van der Waals surface area contributed by atoms with E-state index in [0.717, 1.165) is 11.8 Å². The number of anilines is 2. The molecular formula is C31H36N4O7S. The first-order valence-electron chi connectivity index (χ1n) is 13.6. The molecule has 3 aromatic carbocycles.